The Labute approximate surface area is 63.2 Å². The molecular formula is C5H10O2S2. The molecule has 0 aliphatic carbocycles. The van der Waals surface area contributed by atoms with E-state index in [2.05, 4.69) is 0 Å². The van der Waals surface area contributed by atoms with Crippen molar-refractivity contribution in [3.05, 3.63) is 0 Å². The summed E-state index contributed by atoms with van der Waals surface area (Å²) in [7, 11) is 1.71. The molecule has 4 heteroatoms. The molecule has 0 radical (unpaired) electrons. The smallest absolute Gasteiger partial charge is 0.102 e. The highest BCUT2D eigenvalue weighted by Crippen LogP contribution is 2.25. The lowest BCUT2D eigenvalue weighted by Gasteiger charge is -1.95. The van der Waals surface area contributed by atoms with Gasteiger partial charge in [-0.2, -0.15) is 4.33 Å². The van der Waals surface area contributed by atoms with Crippen LogP contribution in [0, 0.1) is 0 Å². The van der Waals surface area contributed by atoms with Crippen LogP contribution in [0.4, 0.5) is 0 Å². The quantitative estimate of drug-likeness (QED) is 0.312. The van der Waals surface area contributed by atoms with E-state index in [9.17, 15) is 0 Å². The van der Waals surface area contributed by atoms with Crippen LogP contribution in [0.5, 0.6) is 0 Å². The van der Waals surface area contributed by atoms with Crippen molar-refractivity contribution in [3.63, 3.8) is 0 Å². The van der Waals surface area contributed by atoms with Crippen molar-refractivity contribution in [3.8, 4) is 0 Å². The first-order valence-corrected chi connectivity index (χ1v) is 5.32. The van der Waals surface area contributed by atoms with E-state index in [0.717, 1.165) is 13.0 Å². The Morgan fingerprint density at radius 1 is 1.11 bits per heavy atom. The van der Waals surface area contributed by atoms with Crippen LogP contribution in [0.25, 0.3) is 0 Å². The van der Waals surface area contributed by atoms with E-state index >= 15 is 0 Å². The van der Waals surface area contributed by atoms with E-state index in [4.69, 9.17) is 9.22 Å². The van der Waals surface area contributed by atoms with Crippen molar-refractivity contribution in [1.29, 1.82) is 0 Å². The molecule has 1 aliphatic rings. The SMILES string of the molecule is C1CCOOSSCC1. The molecular weight excluding hydrogens is 156 g/mol. The molecule has 0 aromatic rings. The molecule has 0 bridgehead atoms. The van der Waals surface area contributed by atoms with Crippen molar-refractivity contribution in [2.45, 2.75) is 19.3 Å². The minimum Gasteiger partial charge on any atom is -0.224 e. The topological polar surface area (TPSA) is 18.5 Å². The molecule has 0 aromatic carbocycles. The lowest BCUT2D eigenvalue weighted by molar-refractivity contribution is -0.189. The predicted molar refractivity (Wildman–Crippen MR) is 40.9 cm³/mol. The molecule has 0 aromatic heterocycles. The molecule has 9 heavy (non-hydrogen) atoms. The van der Waals surface area contributed by atoms with Crippen molar-refractivity contribution < 1.29 is 9.22 Å². The molecule has 1 rings (SSSR count). The predicted octanol–water partition coefficient (Wildman–Crippen LogP) is 2.41. The summed E-state index contributed by atoms with van der Waals surface area (Å²) >= 11 is 1.34. The summed E-state index contributed by atoms with van der Waals surface area (Å²) < 4.78 is 4.73. The maximum Gasteiger partial charge on any atom is 0.102 e. The highest BCUT2D eigenvalue weighted by atomic mass is 33.1. The Hall–Kier alpha value is 0.620. The van der Waals surface area contributed by atoms with Gasteiger partial charge in [0.05, 0.1) is 6.61 Å². The van der Waals surface area contributed by atoms with Gasteiger partial charge in [-0.05, 0) is 12.8 Å². The van der Waals surface area contributed by atoms with Crippen molar-refractivity contribution >= 4 is 21.9 Å². The van der Waals surface area contributed by atoms with Crippen LogP contribution in [-0.2, 0) is 9.22 Å². The van der Waals surface area contributed by atoms with Gasteiger partial charge < -0.3 is 0 Å². The molecule has 0 amide bonds. The Kier molecular flexibility index (Phi) is 4.64. The van der Waals surface area contributed by atoms with E-state index in [-0.39, 0.29) is 0 Å². The molecule has 0 unspecified atom stereocenters. The molecule has 0 atom stereocenters. The zero-order chi connectivity index (χ0) is 6.36. The lowest BCUT2D eigenvalue weighted by Crippen LogP contribution is -1.88. The molecule has 0 N–H and O–H groups in total. The molecule has 1 fully saturated rings. The van der Waals surface area contributed by atoms with Gasteiger partial charge in [0.25, 0.3) is 0 Å². The second kappa shape index (κ2) is 5.41. The van der Waals surface area contributed by atoms with E-state index in [1.807, 2.05) is 0 Å². The van der Waals surface area contributed by atoms with Gasteiger partial charge in [0.2, 0.25) is 0 Å². The number of hydrogen-bond acceptors (Lipinski definition) is 4. The summed E-state index contributed by atoms with van der Waals surface area (Å²) in [6.45, 7) is 0.744. The molecule has 54 valence electrons. The van der Waals surface area contributed by atoms with Gasteiger partial charge in [0, 0.05) is 5.75 Å². The molecule has 1 aliphatic heterocycles. The monoisotopic (exact) mass is 166 g/mol. The summed E-state index contributed by atoms with van der Waals surface area (Å²) in [5.41, 5.74) is 0. The third-order valence-corrected chi connectivity index (χ3v) is 2.74. The third kappa shape index (κ3) is 4.08. The zero-order valence-corrected chi connectivity index (χ0v) is 6.80. The van der Waals surface area contributed by atoms with Crippen LogP contribution in [0.2, 0.25) is 0 Å². The molecule has 0 spiro atoms. The Bertz CT molecular complexity index is 41.4. The van der Waals surface area contributed by atoms with E-state index in [0.29, 0.717) is 0 Å². The van der Waals surface area contributed by atoms with Crippen LogP contribution in [0.3, 0.4) is 0 Å². The minimum atomic E-state index is 0.744. The molecule has 1 heterocycles. The van der Waals surface area contributed by atoms with Crippen molar-refractivity contribution in [2.75, 3.05) is 12.4 Å². The van der Waals surface area contributed by atoms with E-state index in [1.165, 1.54) is 29.7 Å². The normalized spacial score (nSPS) is 24.0. The van der Waals surface area contributed by atoms with Gasteiger partial charge in [-0.1, -0.05) is 17.2 Å². The fraction of sp³-hybridized carbons (Fsp3) is 1.00. The van der Waals surface area contributed by atoms with Crippen LogP contribution in [0.1, 0.15) is 19.3 Å². The number of rotatable bonds is 0. The van der Waals surface area contributed by atoms with Crippen molar-refractivity contribution in [1.82, 2.24) is 0 Å². The maximum absolute atomic E-state index is 4.80. The Balaban J connectivity index is 2.02. The highest BCUT2D eigenvalue weighted by Gasteiger charge is 1.97. The first-order valence-electron chi connectivity index (χ1n) is 3.08. The average molecular weight is 166 g/mol. The third-order valence-electron chi connectivity index (χ3n) is 1.08. The van der Waals surface area contributed by atoms with E-state index < -0.39 is 0 Å². The summed E-state index contributed by atoms with van der Waals surface area (Å²) in [5.74, 6) is 1.17. The second-order valence-corrected chi connectivity index (χ2v) is 3.87. The van der Waals surface area contributed by atoms with Crippen LogP contribution in [-0.4, -0.2) is 12.4 Å². The van der Waals surface area contributed by atoms with Crippen LogP contribution in [0.15, 0.2) is 0 Å². The fourth-order valence-corrected chi connectivity index (χ4v) is 1.94. The first-order chi connectivity index (χ1) is 4.50. The van der Waals surface area contributed by atoms with E-state index in [1.54, 1.807) is 10.8 Å². The average Bonchev–Trinajstić information content (AvgIpc) is 2.00. The van der Waals surface area contributed by atoms with Gasteiger partial charge in [-0.25, -0.2) is 4.89 Å². The van der Waals surface area contributed by atoms with Crippen LogP contribution < -0.4 is 0 Å². The summed E-state index contributed by atoms with van der Waals surface area (Å²) in [5, 5.41) is 0. The fourth-order valence-electron chi connectivity index (χ4n) is 0.606. The summed E-state index contributed by atoms with van der Waals surface area (Å²) in [4.78, 5) is 4.80. The van der Waals surface area contributed by atoms with Crippen molar-refractivity contribution in [2.24, 2.45) is 0 Å². The minimum absolute atomic E-state index is 0.744. The molecule has 0 saturated carbocycles. The standard InChI is InChI=1S/C5H10O2S2/c1-2-4-6-7-9-8-5-3-1/h1-5H2. The summed E-state index contributed by atoms with van der Waals surface area (Å²) in [6.07, 6.45) is 3.67. The Morgan fingerprint density at radius 2 is 2.11 bits per heavy atom. The zero-order valence-electron chi connectivity index (χ0n) is 5.17. The van der Waals surface area contributed by atoms with Gasteiger partial charge in [-0.3, -0.25) is 0 Å². The molecule has 2 nitrogen and oxygen atoms in total. The second-order valence-electron chi connectivity index (χ2n) is 1.84. The van der Waals surface area contributed by atoms with Crippen LogP contribution >= 0.6 is 21.9 Å². The highest BCUT2D eigenvalue weighted by molar-refractivity contribution is 8.74. The number of hydrogen-bond donors (Lipinski definition) is 0. The summed E-state index contributed by atoms with van der Waals surface area (Å²) in [6, 6.07) is 0. The van der Waals surface area contributed by atoms with Gasteiger partial charge in [0.15, 0.2) is 0 Å². The van der Waals surface area contributed by atoms with Gasteiger partial charge >= 0.3 is 0 Å². The van der Waals surface area contributed by atoms with Gasteiger partial charge in [-0.15, -0.1) is 0 Å². The van der Waals surface area contributed by atoms with Gasteiger partial charge in [0.1, 0.15) is 11.1 Å². The largest absolute Gasteiger partial charge is 0.224 e. The maximum atomic E-state index is 4.80. The first kappa shape index (κ1) is 7.72. The molecule has 1 saturated heterocycles. The lowest BCUT2D eigenvalue weighted by atomic mass is 10.3. The Morgan fingerprint density at radius 3 is 3.11 bits per heavy atom.